The fourth-order valence-corrected chi connectivity index (χ4v) is 11.5. The van der Waals surface area contributed by atoms with Gasteiger partial charge in [-0.25, -0.2) is 0 Å². The minimum Gasteiger partial charge on any atom is -0.0651 e. The Morgan fingerprint density at radius 2 is 1.52 bits per heavy atom. The van der Waals surface area contributed by atoms with Crippen molar-refractivity contribution in [2.24, 2.45) is 63.6 Å². The van der Waals surface area contributed by atoms with Crippen LogP contribution in [0.5, 0.6) is 0 Å². The molecule has 5 aliphatic rings. The maximum Gasteiger partial charge on any atom is -0.0230 e. The van der Waals surface area contributed by atoms with Gasteiger partial charge < -0.3 is 0 Å². The zero-order chi connectivity index (χ0) is 20.6. The molecule has 11 atom stereocenters. The van der Waals surface area contributed by atoms with E-state index < -0.39 is 0 Å². The summed E-state index contributed by atoms with van der Waals surface area (Å²) in [7, 11) is 0. The smallest absolute Gasteiger partial charge is 0.0230 e. The first-order valence-corrected chi connectivity index (χ1v) is 13.8. The Bertz CT molecular complexity index is 622. The third-order valence-electron chi connectivity index (χ3n) is 13.0. The van der Waals surface area contributed by atoms with Crippen molar-refractivity contribution in [1.82, 2.24) is 0 Å². The Labute approximate surface area is 182 Å². The lowest BCUT2D eigenvalue weighted by Gasteiger charge is -2.69. The molecule has 0 nitrogen and oxygen atoms in total. The lowest BCUT2D eigenvalue weighted by atomic mass is 9.36. The largest absolute Gasteiger partial charge is 0.0651 e. The molecule has 5 fully saturated rings. The van der Waals surface area contributed by atoms with Crippen molar-refractivity contribution in [3.63, 3.8) is 0 Å². The third kappa shape index (κ3) is 2.68. The van der Waals surface area contributed by atoms with Gasteiger partial charge in [-0.2, -0.15) is 0 Å². The zero-order valence-electron chi connectivity index (χ0n) is 20.6. The van der Waals surface area contributed by atoms with Gasteiger partial charge in [0.15, 0.2) is 0 Å². The number of fused-ring (bicyclic) bond motifs is 7. The summed E-state index contributed by atoms with van der Waals surface area (Å²) < 4.78 is 0. The third-order valence-corrected chi connectivity index (χ3v) is 13.0. The first kappa shape index (κ1) is 20.9. The van der Waals surface area contributed by atoms with Crippen LogP contribution in [0.1, 0.15) is 119 Å². The fourth-order valence-electron chi connectivity index (χ4n) is 11.5. The van der Waals surface area contributed by atoms with Gasteiger partial charge in [-0.3, -0.25) is 0 Å². The highest BCUT2D eigenvalue weighted by Gasteiger charge is 2.67. The van der Waals surface area contributed by atoms with Crippen molar-refractivity contribution in [1.29, 1.82) is 0 Å². The summed E-state index contributed by atoms with van der Waals surface area (Å²) in [5, 5.41) is 0. The predicted molar refractivity (Wildman–Crippen MR) is 125 cm³/mol. The first-order chi connectivity index (χ1) is 13.8. The van der Waals surface area contributed by atoms with Crippen LogP contribution in [0.2, 0.25) is 0 Å². The van der Waals surface area contributed by atoms with E-state index in [1.54, 1.807) is 44.9 Å². The highest BCUT2D eigenvalue weighted by atomic mass is 14.7. The molecule has 0 radical (unpaired) electrons. The quantitative estimate of drug-likeness (QED) is 0.436. The van der Waals surface area contributed by atoms with Gasteiger partial charge in [0.05, 0.1) is 0 Å². The fraction of sp³-hybridized carbons (Fsp3) is 1.00. The zero-order valence-corrected chi connectivity index (χ0v) is 20.6. The van der Waals surface area contributed by atoms with Crippen molar-refractivity contribution in [2.75, 3.05) is 0 Å². The molecule has 5 aliphatic carbocycles. The molecule has 0 aliphatic heterocycles. The van der Waals surface area contributed by atoms with Crippen molar-refractivity contribution in [3.05, 3.63) is 0 Å². The Balaban J connectivity index is 1.51. The number of rotatable bonds is 2. The summed E-state index contributed by atoms with van der Waals surface area (Å²) in [6.45, 7) is 15.8. The number of hydrogen-bond acceptors (Lipinski definition) is 0. The second-order valence-corrected chi connectivity index (χ2v) is 13.4. The minimum atomic E-state index is 0.651. The molecule has 0 heteroatoms. The van der Waals surface area contributed by atoms with E-state index in [4.69, 9.17) is 0 Å². The first-order valence-electron chi connectivity index (χ1n) is 13.8. The van der Waals surface area contributed by atoms with Gasteiger partial charge in [-0.15, -0.1) is 0 Å². The summed E-state index contributed by atoms with van der Waals surface area (Å²) in [4.78, 5) is 0. The molecular weight excluding hydrogens is 348 g/mol. The molecule has 11 unspecified atom stereocenters. The topological polar surface area (TPSA) is 0 Å². The molecule has 5 rings (SSSR count). The Kier molecular flexibility index (Phi) is 5.04. The average Bonchev–Trinajstić information content (AvgIpc) is 3.07. The highest BCUT2D eigenvalue weighted by Crippen LogP contribution is 2.75. The van der Waals surface area contributed by atoms with E-state index in [2.05, 4.69) is 41.5 Å². The van der Waals surface area contributed by atoms with Crippen LogP contribution in [0.4, 0.5) is 0 Å². The summed E-state index contributed by atoms with van der Waals surface area (Å²) in [5.74, 6) is 8.19. The monoisotopic (exact) mass is 398 g/mol. The summed E-state index contributed by atoms with van der Waals surface area (Å²) >= 11 is 0. The van der Waals surface area contributed by atoms with Crippen molar-refractivity contribution in [3.8, 4) is 0 Å². The molecule has 0 N–H and O–H groups in total. The van der Waals surface area contributed by atoms with E-state index in [1.807, 2.05) is 0 Å². The van der Waals surface area contributed by atoms with Gasteiger partial charge in [0.1, 0.15) is 0 Å². The number of hydrogen-bond donors (Lipinski definition) is 0. The van der Waals surface area contributed by atoms with Gasteiger partial charge >= 0.3 is 0 Å². The molecular formula is C29H50. The van der Waals surface area contributed by atoms with Crippen LogP contribution in [0.15, 0.2) is 0 Å². The normalized spacial score (nSPS) is 59.4. The predicted octanol–water partition coefficient (Wildman–Crippen LogP) is 8.74. The molecule has 0 bridgehead atoms. The average molecular weight is 399 g/mol. The molecule has 0 heterocycles. The van der Waals surface area contributed by atoms with Gasteiger partial charge in [-0.05, 0) is 128 Å². The second kappa shape index (κ2) is 7.00. The van der Waals surface area contributed by atoms with E-state index in [1.165, 1.54) is 32.1 Å². The van der Waals surface area contributed by atoms with Gasteiger partial charge in [-0.1, -0.05) is 54.4 Å². The van der Waals surface area contributed by atoms with Gasteiger partial charge in [0.25, 0.3) is 0 Å². The SMILES string of the molecule is CCC1CCC2(C)CCC3C4(C)CCC5C(C)C(C)CCC5C4CCC3(CC)C12. The van der Waals surface area contributed by atoms with Crippen molar-refractivity contribution in [2.45, 2.75) is 119 Å². The van der Waals surface area contributed by atoms with E-state index in [9.17, 15) is 0 Å². The summed E-state index contributed by atoms with van der Waals surface area (Å²) in [6.07, 6.45) is 18.4. The highest BCUT2D eigenvalue weighted by molar-refractivity contribution is 5.16. The van der Waals surface area contributed by atoms with Crippen LogP contribution < -0.4 is 0 Å². The maximum atomic E-state index is 2.82. The van der Waals surface area contributed by atoms with E-state index in [-0.39, 0.29) is 0 Å². The van der Waals surface area contributed by atoms with E-state index >= 15 is 0 Å². The Morgan fingerprint density at radius 1 is 0.759 bits per heavy atom. The van der Waals surface area contributed by atoms with E-state index in [0.717, 1.165) is 47.3 Å². The maximum absolute atomic E-state index is 2.82. The van der Waals surface area contributed by atoms with Crippen LogP contribution in [0.25, 0.3) is 0 Å². The standard InChI is InChI=1S/C29H50/c1-7-21-11-15-27(5)16-14-25-28(6)17-12-22-20(4)19(3)9-10-23(22)24(28)13-18-29(25,8-2)26(21)27/h19-26H,7-18H2,1-6H3. The van der Waals surface area contributed by atoms with Gasteiger partial charge in [0, 0.05) is 0 Å². The second-order valence-electron chi connectivity index (χ2n) is 13.4. The van der Waals surface area contributed by atoms with Crippen LogP contribution in [0, 0.1) is 63.6 Å². The van der Waals surface area contributed by atoms with Crippen molar-refractivity contribution >= 4 is 0 Å². The molecule has 0 aromatic heterocycles. The molecule has 5 saturated carbocycles. The Hall–Kier alpha value is 0. The molecule has 0 spiro atoms. The molecule has 0 aromatic rings. The Morgan fingerprint density at radius 3 is 2.24 bits per heavy atom. The van der Waals surface area contributed by atoms with E-state index in [0.29, 0.717) is 16.2 Å². The molecule has 0 amide bonds. The molecule has 166 valence electrons. The lowest BCUT2D eigenvalue weighted by molar-refractivity contribution is -0.203. The lowest BCUT2D eigenvalue weighted by Crippen LogP contribution is -2.62. The van der Waals surface area contributed by atoms with Gasteiger partial charge in [0.2, 0.25) is 0 Å². The van der Waals surface area contributed by atoms with Crippen LogP contribution in [-0.4, -0.2) is 0 Å². The summed E-state index contributed by atoms with van der Waals surface area (Å²) in [5.41, 5.74) is 2.00. The van der Waals surface area contributed by atoms with Crippen LogP contribution >= 0.6 is 0 Å². The molecule has 0 saturated heterocycles. The van der Waals surface area contributed by atoms with Crippen LogP contribution in [0.3, 0.4) is 0 Å². The molecule has 29 heavy (non-hydrogen) atoms. The van der Waals surface area contributed by atoms with Crippen LogP contribution in [-0.2, 0) is 0 Å². The van der Waals surface area contributed by atoms with Crippen molar-refractivity contribution < 1.29 is 0 Å². The minimum absolute atomic E-state index is 0.651. The molecule has 0 aromatic carbocycles. The summed E-state index contributed by atoms with van der Waals surface area (Å²) in [6, 6.07) is 0.